The van der Waals surface area contributed by atoms with Crippen LogP contribution in [0.5, 0.6) is 0 Å². The smallest absolute Gasteiger partial charge is 0.144 e. The van der Waals surface area contributed by atoms with Crippen LogP contribution in [0, 0.1) is 6.92 Å². The lowest BCUT2D eigenvalue weighted by Crippen LogP contribution is -1.96. The standard InChI is InChI=1S/C13H12BrClN2/c1-9-5-6-16-13(12(9)14)17-11-4-2-3-10(7-11)8-15/h2-7H,8H2,1H3,(H,16,17). The van der Waals surface area contributed by atoms with Crippen LogP contribution < -0.4 is 5.32 Å². The zero-order valence-electron chi connectivity index (χ0n) is 9.37. The third-order valence-electron chi connectivity index (χ3n) is 2.43. The van der Waals surface area contributed by atoms with Gasteiger partial charge in [0.1, 0.15) is 5.82 Å². The van der Waals surface area contributed by atoms with Gasteiger partial charge in [0.05, 0.1) is 4.47 Å². The largest absolute Gasteiger partial charge is 0.339 e. The van der Waals surface area contributed by atoms with Crippen LogP contribution in [0.3, 0.4) is 0 Å². The fourth-order valence-electron chi connectivity index (χ4n) is 1.50. The second-order valence-corrected chi connectivity index (χ2v) is 4.81. The number of nitrogens with zero attached hydrogens (tertiary/aromatic N) is 1. The van der Waals surface area contributed by atoms with E-state index in [1.807, 2.05) is 37.3 Å². The van der Waals surface area contributed by atoms with E-state index in [-0.39, 0.29) is 0 Å². The number of alkyl halides is 1. The van der Waals surface area contributed by atoms with Crippen molar-refractivity contribution in [2.24, 2.45) is 0 Å². The van der Waals surface area contributed by atoms with Crippen LogP contribution >= 0.6 is 27.5 Å². The number of rotatable bonds is 3. The molecular weight excluding hydrogens is 300 g/mol. The molecule has 2 nitrogen and oxygen atoms in total. The molecule has 0 saturated heterocycles. The van der Waals surface area contributed by atoms with Gasteiger partial charge >= 0.3 is 0 Å². The van der Waals surface area contributed by atoms with Crippen LogP contribution in [0.4, 0.5) is 11.5 Å². The molecule has 0 atom stereocenters. The van der Waals surface area contributed by atoms with Gasteiger partial charge < -0.3 is 5.32 Å². The van der Waals surface area contributed by atoms with Crippen LogP contribution in [0.25, 0.3) is 0 Å². The van der Waals surface area contributed by atoms with Crippen molar-refractivity contribution in [3.63, 3.8) is 0 Å². The van der Waals surface area contributed by atoms with Crippen molar-refractivity contribution in [3.8, 4) is 0 Å². The van der Waals surface area contributed by atoms with Crippen molar-refractivity contribution >= 4 is 39.0 Å². The highest BCUT2D eigenvalue weighted by Gasteiger charge is 2.04. The molecule has 0 aliphatic heterocycles. The molecule has 1 aromatic heterocycles. The van der Waals surface area contributed by atoms with Crippen LogP contribution in [-0.2, 0) is 5.88 Å². The summed E-state index contributed by atoms with van der Waals surface area (Å²) in [5, 5.41) is 3.27. The molecule has 1 N–H and O–H groups in total. The van der Waals surface area contributed by atoms with Gasteiger partial charge in [0.25, 0.3) is 0 Å². The van der Waals surface area contributed by atoms with Gasteiger partial charge in [-0.1, -0.05) is 12.1 Å². The number of aromatic nitrogens is 1. The number of halogens is 2. The Morgan fingerprint density at radius 3 is 2.94 bits per heavy atom. The lowest BCUT2D eigenvalue weighted by atomic mass is 10.2. The Morgan fingerprint density at radius 2 is 2.18 bits per heavy atom. The SMILES string of the molecule is Cc1ccnc(Nc2cccc(CCl)c2)c1Br. The Morgan fingerprint density at radius 1 is 1.35 bits per heavy atom. The van der Waals surface area contributed by atoms with E-state index >= 15 is 0 Å². The summed E-state index contributed by atoms with van der Waals surface area (Å²) in [4.78, 5) is 4.30. The van der Waals surface area contributed by atoms with Crippen molar-refractivity contribution < 1.29 is 0 Å². The molecule has 1 aromatic carbocycles. The molecule has 1 heterocycles. The Balaban J connectivity index is 2.28. The molecular formula is C13H12BrClN2. The number of anilines is 2. The van der Waals surface area contributed by atoms with Crippen LogP contribution in [-0.4, -0.2) is 4.98 Å². The molecule has 17 heavy (non-hydrogen) atoms. The first-order chi connectivity index (χ1) is 8.20. The van der Waals surface area contributed by atoms with Crippen molar-refractivity contribution in [1.29, 1.82) is 0 Å². The molecule has 0 aliphatic carbocycles. The molecule has 0 saturated carbocycles. The fourth-order valence-corrected chi connectivity index (χ4v) is 2.00. The van der Waals surface area contributed by atoms with Crippen molar-refractivity contribution in [1.82, 2.24) is 4.98 Å². The highest BCUT2D eigenvalue weighted by atomic mass is 79.9. The normalized spacial score (nSPS) is 10.3. The maximum atomic E-state index is 5.81. The lowest BCUT2D eigenvalue weighted by Gasteiger charge is -2.09. The maximum absolute atomic E-state index is 5.81. The first-order valence-corrected chi connectivity index (χ1v) is 6.56. The second kappa shape index (κ2) is 5.52. The minimum atomic E-state index is 0.512. The fraction of sp³-hybridized carbons (Fsp3) is 0.154. The highest BCUT2D eigenvalue weighted by Crippen LogP contribution is 2.26. The van der Waals surface area contributed by atoms with Crippen molar-refractivity contribution in [2.45, 2.75) is 12.8 Å². The van der Waals surface area contributed by atoms with Crippen LogP contribution in [0.2, 0.25) is 0 Å². The molecule has 0 radical (unpaired) electrons. The van der Waals surface area contributed by atoms with Gasteiger partial charge in [-0.25, -0.2) is 4.98 Å². The Hall–Kier alpha value is -1.06. The Labute approximate surface area is 114 Å². The van der Waals surface area contributed by atoms with E-state index < -0.39 is 0 Å². The molecule has 88 valence electrons. The molecule has 0 unspecified atom stereocenters. The summed E-state index contributed by atoms with van der Waals surface area (Å²) in [5.74, 6) is 1.33. The maximum Gasteiger partial charge on any atom is 0.144 e. The molecule has 0 aliphatic rings. The topological polar surface area (TPSA) is 24.9 Å². The van der Waals surface area contributed by atoms with Crippen molar-refractivity contribution in [3.05, 3.63) is 52.1 Å². The summed E-state index contributed by atoms with van der Waals surface area (Å²) in [6.45, 7) is 2.03. The number of nitrogens with one attached hydrogen (secondary N) is 1. The molecule has 2 rings (SSSR count). The molecule has 2 aromatic rings. The predicted molar refractivity (Wildman–Crippen MR) is 76.0 cm³/mol. The summed E-state index contributed by atoms with van der Waals surface area (Å²) < 4.78 is 0.983. The van der Waals surface area contributed by atoms with Crippen LogP contribution in [0.1, 0.15) is 11.1 Å². The average molecular weight is 312 g/mol. The first kappa shape index (κ1) is 12.4. The molecule has 4 heteroatoms. The third-order valence-corrected chi connectivity index (χ3v) is 3.74. The second-order valence-electron chi connectivity index (χ2n) is 3.75. The molecule has 0 amide bonds. The van der Waals surface area contributed by atoms with E-state index in [4.69, 9.17) is 11.6 Å². The minimum Gasteiger partial charge on any atom is -0.339 e. The summed E-state index contributed by atoms with van der Waals surface area (Å²) in [6.07, 6.45) is 1.79. The Kier molecular flexibility index (Phi) is 4.02. The van der Waals surface area contributed by atoms with Gasteiger partial charge in [-0.2, -0.15) is 0 Å². The summed E-state index contributed by atoms with van der Waals surface area (Å²) in [7, 11) is 0. The summed E-state index contributed by atoms with van der Waals surface area (Å²) in [6, 6.07) is 9.95. The van der Waals surface area contributed by atoms with E-state index in [2.05, 4.69) is 26.2 Å². The zero-order chi connectivity index (χ0) is 12.3. The first-order valence-electron chi connectivity index (χ1n) is 5.23. The lowest BCUT2D eigenvalue weighted by molar-refractivity contribution is 1.25. The summed E-state index contributed by atoms with van der Waals surface area (Å²) >= 11 is 9.33. The number of hydrogen-bond donors (Lipinski definition) is 1. The highest BCUT2D eigenvalue weighted by molar-refractivity contribution is 9.10. The monoisotopic (exact) mass is 310 g/mol. The van der Waals surface area contributed by atoms with E-state index in [1.165, 1.54) is 0 Å². The predicted octanol–water partition coefficient (Wildman–Crippen LogP) is 4.63. The quantitative estimate of drug-likeness (QED) is 0.836. The number of pyridine rings is 1. The molecule has 0 bridgehead atoms. The van der Waals surface area contributed by atoms with Gasteiger partial charge in [0.15, 0.2) is 0 Å². The van der Waals surface area contributed by atoms with E-state index in [1.54, 1.807) is 6.20 Å². The van der Waals surface area contributed by atoms with Crippen LogP contribution in [0.15, 0.2) is 41.0 Å². The zero-order valence-corrected chi connectivity index (χ0v) is 11.7. The third kappa shape index (κ3) is 2.99. The van der Waals surface area contributed by atoms with E-state index in [9.17, 15) is 0 Å². The molecule has 0 spiro atoms. The van der Waals surface area contributed by atoms with Gasteiger partial charge in [-0.05, 0) is 52.2 Å². The average Bonchev–Trinajstić information content (AvgIpc) is 2.35. The minimum absolute atomic E-state index is 0.512. The summed E-state index contributed by atoms with van der Waals surface area (Å²) in [5.41, 5.74) is 3.22. The van der Waals surface area contributed by atoms with E-state index in [0.29, 0.717) is 5.88 Å². The number of benzene rings is 1. The van der Waals surface area contributed by atoms with Gasteiger partial charge in [0.2, 0.25) is 0 Å². The Bertz CT molecular complexity index is 529. The number of aryl methyl sites for hydroxylation is 1. The van der Waals surface area contributed by atoms with Gasteiger partial charge in [-0.3, -0.25) is 0 Å². The van der Waals surface area contributed by atoms with Gasteiger partial charge in [-0.15, -0.1) is 11.6 Å². The van der Waals surface area contributed by atoms with Crippen molar-refractivity contribution in [2.75, 3.05) is 5.32 Å². The molecule has 0 fully saturated rings. The number of hydrogen-bond acceptors (Lipinski definition) is 2. The van der Waals surface area contributed by atoms with Gasteiger partial charge in [0, 0.05) is 17.8 Å². The van der Waals surface area contributed by atoms with E-state index in [0.717, 1.165) is 27.1 Å².